The summed E-state index contributed by atoms with van der Waals surface area (Å²) in [4.78, 5) is 2.35. The summed E-state index contributed by atoms with van der Waals surface area (Å²) in [5.74, 6) is 1.15. The number of likely N-dealkylation sites (tertiary alicyclic amines) is 1. The van der Waals surface area contributed by atoms with Crippen LogP contribution in [0.5, 0.6) is 0 Å². The Balaban J connectivity index is 1.65. The molecule has 19 heavy (non-hydrogen) atoms. The number of aromatic nitrogens is 4. The number of H-pyrrole nitrogens is 1. The topological polar surface area (TPSA) is 57.7 Å². The maximum atomic E-state index is 6.01. The second kappa shape index (κ2) is 5.45. The van der Waals surface area contributed by atoms with Gasteiger partial charge in [-0.05, 0) is 36.7 Å². The monoisotopic (exact) mass is 297 g/mol. The van der Waals surface area contributed by atoms with Crippen molar-refractivity contribution in [1.82, 2.24) is 25.5 Å². The largest absolute Gasteiger partial charge is 0.298 e. The van der Waals surface area contributed by atoms with E-state index in [4.69, 9.17) is 23.2 Å². The van der Waals surface area contributed by atoms with Gasteiger partial charge < -0.3 is 0 Å². The molecule has 1 aliphatic heterocycles. The molecule has 0 saturated carbocycles. The van der Waals surface area contributed by atoms with E-state index < -0.39 is 0 Å². The standard InChI is InChI=1S/C12H13Cl2N5/c13-10-3-8(4-11(14)5-10)6-19-2-1-9(7-19)12-15-17-18-16-12/h3-5,9H,1-2,6-7H2,(H,15,16,17,18). The zero-order chi connectivity index (χ0) is 13.2. The summed E-state index contributed by atoms with van der Waals surface area (Å²) in [6.45, 7) is 2.79. The number of rotatable bonds is 3. The Morgan fingerprint density at radius 2 is 2.05 bits per heavy atom. The molecule has 0 radical (unpaired) electrons. The Morgan fingerprint density at radius 3 is 2.74 bits per heavy atom. The van der Waals surface area contributed by atoms with Crippen molar-refractivity contribution in [3.8, 4) is 0 Å². The number of hydrogen-bond acceptors (Lipinski definition) is 4. The van der Waals surface area contributed by atoms with Crippen LogP contribution in [0.1, 0.15) is 23.7 Å². The Bertz CT molecular complexity index is 537. The third-order valence-corrected chi connectivity index (χ3v) is 3.76. The van der Waals surface area contributed by atoms with Gasteiger partial charge in [-0.3, -0.25) is 4.90 Å². The second-order valence-corrected chi connectivity index (χ2v) is 5.64. The summed E-state index contributed by atoms with van der Waals surface area (Å²) in [7, 11) is 0. The number of tetrazole rings is 1. The highest BCUT2D eigenvalue weighted by Gasteiger charge is 2.26. The molecule has 1 aromatic heterocycles. The van der Waals surface area contributed by atoms with E-state index in [1.807, 2.05) is 12.1 Å². The lowest BCUT2D eigenvalue weighted by atomic mass is 10.1. The molecule has 100 valence electrons. The first kappa shape index (κ1) is 12.8. The molecule has 0 spiro atoms. The van der Waals surface area contributed by atoms with Gasteiger partial charge in [0.1, 0.15) is 0 Å². The average molecular weight is 298 g/mol. The Labute approximate surface area is 120 Å². The minimum atomic E-state index is 0.355. The first-order valence-electron chi connectivity index (χ1n) is 6.11. The molecule has 0 amide bonds. The molecule has 2 heterocycles. The third-order valence-electron chi connectivity index (χ3n) is 3.33. The highest BCUT2D eigenvalue weighted by Crippen LogP contribution is 2.26. The molecular formula is C12H13Cl2N5. The van der Waals surface area contributed by atoms with Crippen molar-refractivity contribution >= 4 is 23.2 Å². The van der Waals surface area contributed by atoms with Crippen molar-refractivity contribution in [3.63, 3.8) is 0 Å². The van der Waals surface area contributed by atoms with Crippen LogP contribution in [0, 0.1) is 0 Å². The molecule has 1 saturated heterocycles. The van der Waals surface area contributed by atoms with E-state index in [9.17, 15) is 0 Å². The van der Waals surface area contributed by atoms with E-state index in [0.717, 1.165) is 37.4 Å². The maximum Gasteiger partial charge on any atom is 0.178 e. The predicted octanol–water partition coefficient (Wildman–Crippen LogP) is 2.50. The van der Waals surface area contributed by atoms with Gasteiger partial charge >= 0.3 is 0 Å². The number of nitrogens with zero attached hydrogens (tertiary/aromatic N) is 4. The van der Waals surface area contributed by atoms with Gasteiger partial charge in [0.05, 0.1) is 0 Å². The lowest BCUT2D eigenvalue weighted by molar-refractivity contribution is 0.326. The summed E-state index contributed by atoms with van der Waals surface area (Å²) in [5, 5.41) is 15.6. The van der Waals surface area contributed by atoms with Crippen molar-refractivity contribution in [1.29, 1.82) is 0 Å². The molecule has 0 bridgehead atoms. The van der Waals surface area contributed by atoms with Gasteiger partial charge in [0.15, 0.2) is 5.82 Å². The van der Waals surface area contributed by atoms with Crippen LogP contribution in [-0.4, -0.2) is 38.6 Å². The summed E-state index contributed by atoms with van der Waals surface area (Å²) >= 11 is 12.0. The first-order chi connectivity index (χ1) is 9.20. The van der Waals surface area contributed by atoms with Crippen LogP contribution in [0.25, 0.3) is 0 Å². The molecule has 5 nitrogen and oxygen atoms in total. The van der Waals surface area contributed by atoms with Gasteiger partial charge in [0.25, 0.3) is 0 Å². The number of halogens is 2. The zero-order valence-electron chi connectivity index (χ0n) is 10.2. The smallest absolute Gasteiger partial charge is 0.178 e. The van der Waals surface area contributed by atoms with Crippen molar-refractivity contribution in [3.05, 3.63) is 39.6 Å². The first-order valence-corrected chi connectivity index (χ1v) is 6.87. The van der Waals surface area contributed by atoms with Gasteiger partial charge in [-0.15, -0.1) is 10.2 Å². The van der Waals surface area contributed by atoms with Crippen LogP contribution >= 0.6 is 23.2 Å². The van der Waals surface area contributed by atoms with Crippen LogP contribution < -0.4 is 0 Å². The summed E-state index contributed by atoms with van der Waals surface area (Å²) in [5.41, 5.74) is 1.13. The molecular weight excluding hydrogens is 285 g/mol. The van der Waals surface area contributed by atoms with Crippen LogP contribution in [0.2, 0.25) is 10.0 Å². The molecule has 1 aromatic carbocycles. The molecule has 7 heteroatoms. The molecule has 1 atom stereocenters. The van der Waals surface area contributed by atoms with Gasteiger partial charge in [0, 0.05) is 29.1 Å². The zero-order valence-corrected chi connectivity index (χ0v) is 11.7. The van der Waals surface area contributed by atoms with E-state index in [-0.39, 0.29) is 0 Å². The lowest BCUT2D eigenvalue weighted by Gasteiger charge is -2.15. The normalized spacial score (nSPS) is 20.0. The predicted molar refractivity (Wildman–Crippen MR) is 73.3 cm³/mol. The molecule has 1 aliphatic rings. The van der Waals surface area contributed by atoms with Gasteiger partial charge in [-0.1, -0.05) is 28.4 Å². The number of aromatic amines is 1. The molecule has 1 N–H and O–H groups in total. The quantitative estimate of drug-likeness (QED) is 0.946. The molecule has 3 rings (SSSR count). The summed E-state index contributed by atoms with van der Waals surface area (Å²) in [6, 6.07) is 5.66. The fourth-order valence-electron chi connectivity index (χ4n) is 2.49. The van der Waals surface area contributed by atoms with Crippen LogP contribution in [0.4, 0.5) is 0 Å². The Morgan fingerprint density at radius 1 is 1.26 bits per heavy atom. The third kappa shape index (κ3) is 3.05. The van der Waals surface area contributed by atoms with Gasteiger partial charge in [0.2, 0.25) is 0 Å². The minimum Gasteiger partial charge on any atom is -0.298 e. The van der Waals surface area contributed by atoms with Gasteiger partial charge in [-0.25, -0.2) is 0 Å². The minimum absolute atomic E-state index is 0.355. The fourth-order valence-corrected chi connectivity index (χ4v) is 3.06. The highest BCUT2D eigenvalue weighted by atomic mass is 35.5. The van der Waals surface area contributed by atoms with Crippen molar-refractivity contribution < 1.29 is 0 Å². The van der Waals surface area contributed by atoms with Gasteiger partial charge in [-0.2, -0.15) is 5.21 Å². The van der Waals surface area contributed by atoms with E-state index in [2.05, 4.69) is 25.5 Å². The number of hydrogen-bond donors (Lipinski definition) is 1. The second-order valence-electron chi connectivity index (χ2n) is 4.77. The molecule has 2 aromatic rings. The SMILES string of the molecule is Clc1cc(Cl)cc(CN2CCC(c3nn[nH]n3)C2)c1. The fraction of sp³-hybridized carbons (Fsp3) is 0.417. The highest BCUT2D eigenvalue weighted by molar-refractivity contribution is 6.34. The average Bonchev–Trinajstić information content (AvgIpc) is 2.96. The maximum absolute atomic E-state index is 6.01. The van der Waals surface area contributed by atoms with Crippen LogP contribution in [-0.2, 0) is 6.54 Å². The number of nitrogens with one attached hydrogen (secondary N) is 1. The van der Waals surface area contributed by atoms with Crippen LogP contribution in [0.3, 0.4) is 0 Å². The van der Waals surface area contributed by atoms with E-state index in [1.54, 1.807) is 6.07 Å². The van der Waals surface area contributed by atoms with E-state index in [0.29, 0.717) is 16.0 Å². The van der Waals surface area contributed by atoms with Crippen molar-refractivity contribution in [2.45, 2.75) is 18.9 Å². The molecule has 0 aliphatic carbocycles. The van der Waals surface area contributed by atoms with Crippen molar-refractivity contribution in [2.24, 2.45) is 0 Å². The van der Waals surface area contributed by atoms with E-state index >= 15 is 0 Å². The van der Waals surface area contributed by atoms with Crippen molar-refractivity contribution in [2.75, 3.05) is 13.1 Å². The Kier molecular flexibility index (Phi) is 3.68. The molecule has 1 unspecified atom stereocenters. The Hall–Kier alpha value is -1.17. The lowest BCUT2D eigenvalue weighted by Crippen LogP contribution is -2.20. The molecule has 1 fully saturated rings. The van der Waals surface area contributed by atoms with E-state index in [1.165, 1.54) is 0 Å². The summed E-state index contributed by atoms with van der Waals surface area (Å²) in [6.07, 6.45) is 1.05. The number of benzene rings is 1. The van der Waals surface area contributed by atoms with Crippen LogP contribution in [0.15, 0.2) is 18.2 Å². The summed E-state index contributed by atoms with van der Waals surface area (Å²) < 4.78 is 0.